The molecule has 1 atom stereocenters. The van der Waals surface area contributed by atoms with E-state index in [0.29, 0.717) is 19.1 Å². The monoisotopic (exact) mass is 256 g/mol. The van der Waals surface area contributed by atoms with Gasteiger partial charge in [0, 0.05) is 6.54 Å². The van der Waals surface area contributed by atoms with Crippen molar-refractivity contribution in [1.82, 2.24) is 10.2 Å². The van der Waals surface area contributed by atoms with E-state index in [1.165, 1.54) is 12.8 Å². The molecule has 2 N–H and O–H groups in total. The summed E-state index contributed by atoms with van der Waals surface area (Å²) in [4.78, 5) is 13.4. The molecule has 0 radical (unpaired) electrons. The van der Waals surface area contributed by atoms with Gasteiger partial charge in [-0.3, -0.25) is 4.90 Å². The summed E-state index contributed by atoms with van der Waals surface area (Å²) in [6.45, 7) is 6.61. The van der Waals surface area contributed by atoms with E-state index < -0.39 is 5.60 Å². The van der Waals surface area contributed by atoms with E-state index in [1.54, 1.807) is 18.7 Å². The molecule has 0 bridgehead atoms. The molecule has 0 unspecified atom stereocenters. The number of nitrogens with zero attached hydrogens (tertiary/aromatic N) is 1. The maximum Gasteiger partial charge on any atom is 0.410 e. The molecule has 2 fully saturated rings. The van der Waals surface area contributed by atoms with Crippen molar-refractivity contribution >= 4 is 6.09 Å². The Morgan fingerprint density at radius 3 is 2.72 bits per heavy atom. The number of hydrogen-bond donors (Lipinski definition) is 2. The van der Waals surface area contributed by atoms with Crippen LogP contribution in [-0.4, -0.2) is 54.0 Å². The van der Waals surface area contributed by atoms with Crippen LogP contribution in [0.25, 0.3) is 0 Å². The second-order valence-corrected chi connectivity index (χ2v) is 5.92. The van der Waals surface area contributed by atoms with E-state index in [-0.39, 0.29) is 12.1 Å². The number of hydrogen-bond acceptors (Lipinski definition) is 4. The molecule has 18 heavy (non-hydrogen) atoms. The Bertz CT molecular complexity index is 295. The molecule has 104 valence electrons. The van der Waals surface area contributed by atoms with Gasteiger partial charge in [-0.15, -0.1) is 0 Å². The van der Waals surface area contributed by atoms with Crippen molar-refractivity contribution in [2.24, 2.45) is 5.92 Å². The number of amides is 1. The number of carbonyl (C=O) groups excluding carboxylic acids is 1. The maximum atomic E-state index is 11.7. The third-order valence-electron chi connectivity index (χ3n) is 4.03. The van der Waals surface area contributed by atoms with Gasteiger partial charge in [-0.05, 0) is 52.1 Å². The van der Waals surface area contributed by atoms with Gasteiger partial charge in [0.2, 0.25) is 0 Å². The Balaban J connectivity index is 1.87. The van der Waals surface area contributed by atoms with Gasteiger partial charge in [0.1, 0.15) is 6.61 Å². The first kappa shape index (κ1) is 13.6. The predicted octanol–water partition coefficient (Wildman–Crippen LogP) is 0.968. The molecule has 0 saturated carbocycles. The van der Waals surface area contributed by atoms with E-state index in [9.17, 15) is 9.90 Å². The highest BCUT2D eigenvalue weighted by atomic mass is 16.6. The van der Waals surface area contributed by atoms with Crippen LogP contribution in [0.5, 0.6) is 0 Å². The zero-order valence-electron chi connectivity index (χ0n) is 11.3. The van der Waals surface area contributed by atoms with Crippen LogP contribution >= 0.6 is 0 Å². The molecular formula is C13H24N2O3. The van der Waals surface area contributed by atoms with E-state index in [2.05, 4.69) is 5.32 Å². The van der Waals surface area contributed by atoms with E-state index in [1.807, 2.05) is 0 Å². The summed E-state index contributed by atoms with van der Waals surface area (Å²) in [5.74, 6) is 0.683. The normalized spacial score (nSPS) is 26.5. The van der Waals surface area contributed by atoms with Gasteiger partial charge < -0.3 is 15.2 Å². The molecule has 0 spiro atoms. The second-order valence-electron chi connectivity index (χ2n) is 5.92. The van der Waals surface area contributed by atoms with Crippen LogP contribution in [0.4, 0.5) is 4.79 Å². The molecule has 2 aliphatic heterocycles. The SMILES string of the molecule is CC(C)(O)[C@@H]1COC(=O)N1CCC1CCNCC1. The number of ether oxygens (including phenoxy) is 1. The van der Waals surface area contributed by atoms with Crippen molar-refractivity contribution in [3.63, 3.8) is 0 Å². The van der Waals surface area contributed by atoms with Crippen LogP contribution in [0.2, 0.25) is 0 Å². The van der Waals surface area contributed by atoms with Gasteiger partial charge in [-0.2, -0.15) is 0 Å². The summed E-state index contributed by atoms with van der Waals surface area (Å²) < 4.78 is 5.06. The first-order valence-electron chi connectivity index (χ1n) is 6.85. The van der Waals surface area contributed by atoms with Gasteiger partial charge in [-0.25, -0.2) is 4.79 Å². The molecule has 5 heteroatoms. The molecule has 1 amide bonds. The molecule has 0 aromatic carbocycles. The van der Waals surface area contributed by atoms with E-state index in [4.69, 9.17) is 4.74 Å². The first-order chi connectivity index (χ1) is 8.48. The molecule has 2 saturated heterocycles. The molecule has 0 aliphatic carbocycles. The van der Waals surface area contributed by atoms with Gasteiger partial charge in [0.15, 0.2) is 0 Å². The lowest BCUT2D eigenvalue weighted by molar-refractivity contribution is 0.00623. The Labute approximate surface area is 108 Å². The highest BCUT2D eigenvalue weighted by molar-refractivity contribution is 5.70. The predicted molar refractivity (Wildman–Crippen MR) is 68.4 cm³/mol. The number of aliphatic hydroxyl groups is 1. The van der Waals surface area contributed by atoms with Crippen molar-refractivity contribution in [2.75, 3.05) is 26.2 Å². The number of cyclic esters (lactones) is 1. The minimum absolute atomic E-state index is 0.216. The quantitative estimate of drug-likeness (QED) is 0.787. The zero-order chi connectivity index (χ0) is 13.2. The summed E-state index contributed by atoms with van der Waals surface area (Å²) in [5.41, 5.74) is -0.902. The molecule has 0 aromatic heterocycles. The summed E-state index contributed by atoms with van der Waals surface area (Å²) in [5, 5.41) is 13.4. The lowest BCUT2D eigenvalue weighted by Gasteiger charge is -2.32. The molecular weight excluding hydrogens is 232 g/mol. The number of piperidine rings is 1. The molecule has 2 heterocycles. The minimum atomic E-state index is -0.902. The van der Waals surface area contributed by atoms with Gasteiger partial charge >= 0.3 is 6.09 Å². The molecule has 2 rings (SSSR count). The topological polar surface area (TPSA) is 61.8 Å². The number of carbonyl (C=O) groups is 1. The van der Waals surface area contributed by atoms with E-state index in [0.717, 1.165) is 19.5 Å². The standard InChI is InChI=1S/C13H24N2O3/c1-13(2,17)11-9-18-12(16)15(11)8-5-10-3-6-14-7-4-10/h10-11,14,17H,3-9H2,1-2H3/t11-/m0/s1. The lowest BCUT2D eigenvalue weighted by atomic mass is 9.93. The Kier molecular flexibility index (Phi) is 4.12. The lowest BCUT2D eigenvalue weighted by Crippen LogP contribution is -2.48. The Morgan fingerprint density at radius 2 is 2.11 bits per heavy atom. The molecule has 0 aromatic rings. The maximum absolute atomic E-state index is 11.7. The van der Waals surface area contributed by atoms with Crippen molar-refractivity contribution < 1.29 is 14.6 Å². The van der Waals surface area contributed by atoms with Gasteiger partial charge in [-0.1, -0.05) is 0 Å². The molecule has 5 nitrogen and oxygen atoms in total. The summed E-state index contributed by atoms with van der Waals surface area (Å²) >= 11 is 0. The van der Waals surface area contributed by atoms with E-state index >= 15 is 0 Å². The summed E-state index contributed by atoms with van der Waals surface area (Å²) in [7, 11) is 0. The fourth-order valence-electron chi connectivity index (χ4n) is 2.77. The van der Waals surface area contributed by atoms with Crippen LogP contribution < -0.4 is 5.32 Å². The number of rotatable bonds is 4. The third kappa shape index (κ3) is 3.14. The minimum Gasteiger partial charge on any atom is -0.447 e. The largest absolute Gasteiger partial charge is 0.447 e. The average molecular weight is 256 g/mol. The van der Waals surface area contributed by atoms with Crippen LogP contribution in [0.3, 0.4) is 0 Å². The fourth-order valence-corrected chi connectivity index (χ4v) is 2.77. The number of nitrogens with one attached hydrogen (secondary N) is 1. The second kappa shape index (κ2) is 5.45. The van der Waals surface area contributed by atoms with Crippen LogP contribution in [0, 0.1) is 5.92 Å². The van der Waals surface area contributed by atoms with Crippen LogP contribution in [0.1, 0.15) is 33.1 Å². The molecule has 2 aliphatic rings. The van der Waals surface area contributed by atoms with Crippen molar-refractivity contribution in [2.45, 2.75) is 44.8 Å². The Hall–Kier alpha value is -0.810. The van der Waals surface area contributed by atoms with Crippen molar-refractivity contribution in [3.8, 4) is 0 Å². The van der Waals surface area contributed by atoms with Gasteiger partial charge in [0.25, 0.3) is 0 Å². The van der Waals surface area contributed by atoms with Crippen LogP contribution in [-0.2, 0) is 4.74 Å². The highest BCUT2D eigenvalue weighted by Gasteiger charge is 2.41. The fraction of sp³-hybridized carbons (Fsp3) is 0.923. The summed E-state index contributed by atoms with van der Waals surface area (Å²) in [6, 6.07) is -0.216. The smallest absolute Gasteiger partial charge is 0.410 e. The van der Waals surface area contributed by atoms with Crippen molar-refractivity contribution in [3.05, 3.63) is 0 Å². The van der Waals surface area contributed by atoms with Crippen LogP contribution in [0.15, 0.2) is 0 Å². The highest BCUT2D eigenvalue weighted by Crippen LogP contribution is 2.25. The third-order valence-corrected chi connectivity index (χ3v) is 4.03. The Morgan fingerprint density at radius 1 is 1.44 bits per heavy atom. The average Bonchev–Trinajstić information content (AvgIpc) is 2.69. The van der Waals surface area contributed by atoms with Crippen molar-refractivity contribution in [1.29, 1.82) is 0 Å². The first-order valence-corrected chi connectivity index (χ1v) is 6.85. The summed E-state index contributed by atoms with van der Waals surface area (Å²) in [6.07, 6.45) is 3.08. The van der Waals surface area contributed by atoms with Gasteiger partial charge in [0.05, 0.1) is 11.6 Å². The zero-order valence-corrected chi connectivity index (χ0v) is 11.3.